The highest BCUT2D eigenvalue weighted by Gasteiger charge is 2.19. The highest BCUT2D eigenvalue weighted by Crippen LogP contribution is 2.13. The van der Waals surface area contributed by atoms with Crippen molar-refractivity contribution in [2.75, 3.05) is 13.6 Å². The molecule has 2 N–H and O–H groups in total. The van der Waals surface area contributed by atoms with Crippen molar-refractivity contribution in [3.05, 3.63) is 35.4 Å². The molecule has 4 nitrogen and oxygen atoms in total. The molecule has 0 saturated heterocycles. The van der Waals surface area contributed by atoms with E-state index in [9.17, 15) is 8.42 Å². The molecule has 0 saturated carbocycles. The van der Waals surface area contributed by atoms with E-state index < -0.39 is 10.0 Å². The maximum Gasteiger partial charge on any atom is 0.218 e. The number of hydrogen-bond acceptors (Lipinski definition) is 3. The van der Waals surface area contributed by atoms with Crippen LogP contribution in [0.15, 0.2) is 24.3 Å². The molecule has 0 spiro atoms. The molecule has 0 aromatic heterocycles. The number of hydrogen-bond donors (Lipinski definition) is 1. The van der Waals surface area contributed by atoms with Crippen LogP contribution in [-0.2, 0) is 22.3 Å². The summed E-state index contributed by atoms with van der Waals surface area (Å²) in [5.74, 6) is 0.421. The fraction of sp³-hybridized carbons (Fsp3) is 0.571. The first kappa shape index (κ1) is 16.1. The van der Waals surface area contributed by atoms with Crippen molar-refractivity contribution in [3.8, 4) is 0 Å². The number of sulfonamides is 1. The first-order valence-corrected chi connectivity index (χ1v) is 8.21. The summed E-state index contributed by atoms with van der Waals surface area (Å²) in [5, 5.41) is 0. The normalized spacial score (nSPS) is 13.7. The second-order valence-corrected chi connectivity index (χ2v) is 7.15. The molecule has 0 aliphatic heterocycles. The lowest BCUT2D eigenvalue weighted by atomic mass is 10.1. The van der Waals surface area contributed by atoms with E-state index in [1.54, 1.807) is 7.05 Å². The van der Waals surface area contributed by atoms with Crippen LogP contribution in [0.3, 0.4) is 0 Å². The molecule has 1 atom stereocenters. The Hall–Kier alpha value is -0.910. The van der Waals surface area contributed by atoms with Crippen molar-refractivity contribution in [2.45, 2.75) is 32.6 Å². The first-order valence-electron chi connectivity index (χ1n) is 6.61. The number of rotatable bonds is 7. The van der Waals surface area contributed by atoms with Crippen molar-refractivity contribution >= 4 is 10.0 Å². The van der Waals surface area contributed by atoms with E-state index in [1.165, 1.54) is 4.31 Å². The van der Waals surface area contributed by atoms with Crippen molar-refractivity contribution in [3.63, 3.8) is 0 Å². The third-order valence-corrected chi connectivity index (χ3v) is 5.15. The van der Waals surface area contributed by atoms with Gasteiger partial charge in [-0.25, -0.2) is 12.7 Å². The standard InChI is InChI=1S/C14H24N2O2S/c1-4-12(2)10-16(3)19(17,18)11-14-7-5-13(9-15)6-8-14/h5-8,12H,4,9-11,15H2,1-3H3. The first-order chi connectivity index (χ1) is 8.89. The average molecular weight is 284 g/mol. The maximum absolute atomic E-state index is 12.2. The molecule has 0 bridgehead atoms. The Kier molecular flexibility index (Phi) is 5.97. The lowest BCUT2D eigenvalue weighted by Crippen LogP contribution is -2.32. The summed E-state index contributed by atoms with van der Waals surface area (Å²) in [6, 6.07) is 7.41. The molecular formula is C14H24N2O2S. The van der Waals surface area contributed by atoms with E-state index in [1.807, 2.05) is 24.3 Å². The van der Waals surface area contributed by atoms with Crippen LogP contribution >= 0.6 is 0 Å². The Labute approximate surface area is 116 Å². The zero-order chi connectivity index (χ0) is 14.5. The molecule has 19 heavy (non-hydrogen) atoms. The van der Waals surface area contributed by atoms with Gasteiger partial charge in [0, 0.05) is 20.1 Å². The molecule has 0 amide bonds. The summed E-state index contributed by atoms with van der Waals surface area (Å²) in [7, 11) is -1.59. The summed E-state index contributed by atoms with van der Waals surface area (Å²) in [6.07, 6.45) is 0.977. The quantitative estimate of drug-likeness (QED) is 0.832. The summed E-state index contributed by atoms with van der Waals surface area (Å²) in [6.45, 7) is 5.17. The van der Waals surface area contributed by atoms with Crippen LogP contribution in [0.1, 0.15) is 31.4 Å². The summed E-state index contributed by atoms with van der Waals surface area (Å²) in [4.78, 5) is 0. The predicted molar refractivity (Wildman–Crippen MR) is 79.0 cm³/mol. The highest BCUT2D eigenvalue weighted by atomic mass is 32.2. The van der Waals surface area contributed by atoms with Crippen LogP contribution in [0.5, 0.6) is 0 Å². The van der Waals surface area contributed by atoms with Crippen LogP contribution in [0, 0.1) is 5.92 Å². The van der Waals surface area contributed by atoms with Gasteiger partial charge in [-0.15, -0.1) is 0 Å². The molecule has 108 valence electrons. The molecule has 5 heteroatoms. The molecule has 0 aliphatic rings. The van der Waals surface area contributed by atoms with Crippen LogP contribution in [0.2, 0.25) is 0 Å². The molecule has 1 aromatic rings. The average Bonchev–Trinajstić information content (AvgIpc) is 2.39. The number of nitrogens with zero attached hydrogens (tertiary/aromatic N) is 1. The maximum atomic E-state index is 12.2. The minimum atomic E-state index is -3.24. The molecule has 0 fully saturated rings. The van der Waals surface area contributed by atoms with Crippen molar-refractivity contribution in [1.82, 2.24) is 4.31 Å². The van der Waals surface area contributed by atoms with Gasteiger partial charge in [-0.1, -0.05) is 44.5 Å². The van der Waals surface area contributed by atoms with Crippen LogP contribution in [-0.4, -0.2) is 26.3 Å². The topological polar surface area (TPSA) is 63.4 Å². The molecule has 1 rings (SSSR count). The fourth-order valence-electron chi connectivity index (χ4n) is 1.77. The second-order valence-electron chi connectivity index (χ2n) is 5.07. The lowest BCUT2D eigenvalue weighted by Gasteiger charge is -2.20. The van der Waals surface area contributed by atoms with Gasteiger partial charge in [0.1, 0.15) is 0 Å². The smallest absolute Gasteiger partial charge is 0.218 e. The SMILES string of the molecule is CCC(C)CN(C)S(=O)(=O)Cc1ccc(CN)cc1. The number of benzene rings is 1. The van der Waals surface area contributed by atoms with Crippen LogP contribution < -0.4 is 5.73 Å². The lowest BCUT2D eigenvalue weighted by molar-refractivity contribution is 0.393. The van der Waals surface area contributed by atoms with Crippen molar-refractivity contribution in [2.24, 2.45) is 11.7 Å². The van der Waals surface area contributed by atoms with Gasteiger partial charge in [-0.2, -0.15) is 0 Å². The molecule has 0 radical (unpaired) electrons. The van der Waals surface area contributed by atoms with Gasteiger partial charge < -0.3 is 5.73 Å². The van der Waals surface area contributed by atoms with Gasteiger partial charge in [0.05, 0.1) is 5.75 Å². The minimum absolute atomic E-state index is 0.0464. The van der Waals surface area contributed by atoms with Crippen LogP contribution in [0.25, 0.3) is 0 Å². The Morgan fingerprint density at radius 3 is 2.21 bits per heavy atom. The van der Waals surface area contributed by atoms with Gasteiger partial charge in [0.15, 0.2) is 0 Å². The third-order valence-electron chi connectivity index (χ3n) is 3.35. The van der Waals surface area contributed by atoms with Gasteiger partial charge in [0.2, 0.25) is 10.0 Å². The second kappa shape index (κ2) is 7.03. The monoisotopic (exact) mass is 284 g/mol. The molecule has 0 heterocycles. The van der Waals surface area contributed by atoms with E-state index >= 15 is 0 Å². The zero-order valence-corrected chi connectivity index (χ0v) is 12.8. The molecular weight excluding hydrogens is 260 g/mol. The number of nitrogens with two attached hydrogens (primary N) is 1. The Balaban J connectivity index is 2.72. The summed E-state index contributed by atoms with van der Waals surface area (Å²) >= 11 is 0. The fourth-order valence-corrected chi connectivity index (χ4v) is 3.09. The van der Waals surface area contributed by atoms with Crippen molar-refractivity contribution in [1.29, 1.82) is 0 Å². The van der Waals surface area contributed by atoms with E-state index in [-0.39, 0.29) is 5.75 Å². The van der Waals surface area contributed by atoms with Gasteiger partial charge >= 0.3 is 0 Å². The van der Waals surface area contributed by atoms with E-state index in [0.717, 1.165) is 17.5 Å². The molecule has 1 aromatic carbocycles. The highest BCUT2D eigenvalue weighted by molar-refractivity contribution is 7.88. The Morgan fingerprint density at radius 1 is 1.21 bits per heavy atom. The minimum Gasteiger partial charge on any atom is -0.326 e. The van der Waals surface area contributed by atoms with E-state index in [4.69, 9.17) is 5.73 Å². The molecule has 0 aliphatic carbocycles. The van der Waals surface area contributed by atoms with Gasteiger partial charge in [-0.05, 0) is 17.0 Å². The van der Waals surface area contributed by atoms with Gasteiger partial charge in [-0.3, -0.25) is 0 Å². The Bertz CT molecular complexity index is 483. The van der Waals surface area contributed by atoms with Gasteiger partial charge in [0.25, 0.3) is 0 Å². The Morgan fingerprint density at radius 2 is 1.74 bits per heavy atom. The zero-order valence-electron chi connectivity index (χ0n) is 12.0. The van der Waals surface area contributed by atoms with E-state index in [2.05, 4.69) is 13.8 Å². The van der Waals surface area contributed by atoms with E-state index in [0.29, 0.717) is 19.0 Å². The largest absolute Gasteiger partial charge is 0.326 e. The summed E-state index contributed by atoms with van der Waals surface area (Å²) < 4.78 is 25.9. The van der Waals surface area contributed by atoms with Crippen LogP contribution in [0.4, 0.5) is 0 Å². The van der Waals surface area contributed by atoms with Crippen molar-refractivity contribution < 1.29 is 8.42 Å². The predicted octanol–water partition coefficient (Wildman–Crippen LogP) is 1.95. The molecule has 1 unspecified atom stereocenters. The third kappa shape index (κ3) is 4.93. The summed E-state index contributed by atoms with van der Waals surface area (Å²) in [5.41, 5.74) is 7.33.